The largest absolute Gasteiger partial charge is 0.494 e. The molecule has 33 heavy (non-hydrogen) atoms. The summed E-state index contributed by atoms with van der Waals surface area (Å²) in [5.41, 5.74) is 3.91. The number of rotatable bonds is 15. The first-order valence-corrected chi connectivity index (χ1v) is 14.7. The van der Waals surface area contributed by atoms with Crippen molar-refractivity contribution in [3.8, 4) is 5.75 Å². The molecule has 0 N–H and O–H groups in total. The van der Waals surface area contributed by atoms with Crippen LogP contribution in [-0.4, -0.2) is 6.61 Å². The Morgan fingerprint density at radius 3 is 2.30 bits per heavy atom. The average Bonchev–Trinajstić information content (AvgIpc) is 2.86. The molecule has 1 atom stereocenters. The summed E-state index contributed by atoms with van der Waals surface area (Å²) in [4.78, 5) is 0. The van der Waals surface area contributed by atoms with Crippen molar-refractivity contribution in [3.63, 3.8) is 0 Å². The third kappa shape index (κ3) is 9.14. The molecule has 0 heterocycles. The predicted octanol–water partition coefficient (Wildman–Crippen LogP) is 10.5. The van der Waals surface area contributed by atoms with Crippen LogP contribution >= 0.6 is 0 Å². The first-order chi connectivity index (χ1) is 16.2. The summed E-state index contributed by atoms with van der Waals surface area (Å²) in [6.07, 6.45) is 28.9. The number of ether oxygens (including phenoxy) is 1. The van der Waals surface area contributed by atoms with Crippen LogP contribution in [0.25, 0.3) is 0 Å². The summed E-state index contributed by atoms with van der Waals surface area (Å²) >= 11 is 0. The van der Waals surface area contributed by atoms with Gasteiger partial charge < -0.3 is 4.74 Å². The molecule has 1 nitrogen and oxygen atoms in total. The van der Waals surface area contributed by atoms with E-state index in [1.807, 2.05) is 0 Å². The summed E-state index contributed by atoms with van der Waals surface area (Å²) in [5.74, 6) is 1.72. The van der Waals surface area contributed by atoms with Crippen molar-refractivity contribution in [3.05, 3.63) is 41.5 Å². The van der Waals surface area contributed by atoms with Gasteiger partial charge in [-0.25, -0.2) is 0 Å². The Kier molecular flexibility index (Phi) is 11.9. The quantitative estimate of drug-likeness (QED) is 0.190. The van der Waals surface area contributed by atoms with Gasteiger partial charge in [0.1, 0.15) is 5.75 Å². The van der Waals surface area contributed by atoms with Gasteiger partial charge in [0.05, 0.1) is 6.61 Å². The fourth-order valence-electron chi connectivity index (χ4n) is 6.30. The summed E-state index contributed by atoms with van der Waals surface area (Å²) in [6.45, 7) is 5.40. The van der Waals surface area contributed by atoms with E-state index in [2.05, 4.69) is 44.2 Å². The maximum absolute atomic E-state index is 5.96. The number of hydrogen-bond donors (Lipinski definition) is 0. The lowest BCUT2D eigenvalue weighted by atomic mass is 9.66. The van der Waals surface area contributed by atoms with E-state index >= 15 is 0 Å². The van der Waals surface area contributed by atoms with Crippen LogP contribution in [0.3, 0.4) is 0 Å². The van der Waals surface area contributed by atoms with Crippen LogP contribution in [0.2, 0.25) is 0 Å². The van der Waals surface area contributed by atoms with E-state index in [1.165, 1.54) is 116 Å². The highest BCUT2D eigenvalue weighted by Gasteiger charge is 2.32. The third-order valence-electron chi connectivity index (χ3n) is 8.51. The first kappa shape index (κ1) is 26.4. The van der Waals surface area contributed by atoms with Gasteiger partial charge in [-0.3, -0.25) is 0 Å². The predicted molar refractivity (Wildman–Crippen MR) is 144 cm³/mol. The Bertz CT molecular complexity index is 664. The number of unbranched alkanes of at least 4 members (excludes halogenated alkanes) is 4. The molecule has 3 rings (SSSR count). The van der Waals surface area contributed by atoms with Gasteiger partial charge in [0.15, 0.2) is 0 Å². The highest BCUT2D eigenvalue weighted by Crippen LogP contribution is 2.47. The minimum Gasteiger partial charge on any atom is -0.494 e. The average molecular weight is 453 g/mol. The Morgan fingerprint density at radius 1 is 0.818 bits per heavy atom. The van der Waals surface area contributed by atoms with Crippen LogP contribution in [0.5, 0.6) is 5.75 Å². The van der Waals surface area contributed by atoms with Gasteiger partial charge >= 0.3 is 0 Å². The molecule has 0 radical (unpaired) electrons. The van der Waals surface area contributed by atoms with Crippen LogP contribution in [0.15, 0.2) is 35.9 Å². The fourth-order valence-corrected chi connectivity index (χ4v) is 6.30. The van der Waals surface area contributed by atoms with E-state index in [0.717, 1.165) is 18.8 Å². The van der Waals surface area contributed by atoms with Crippen LogP contribution in [-0.2, 0) is 0 Å². The molecule has 0 spiro atoms. The van der Waals surface area contributed by atoms with Crippen molar-refractivity contribution in [1.82, 2.24) is 0 Å². The van der Waals surface area contributed by atoms with Gasteiger partial charge in [-0.2, -0.15) is 0 Å². The molecule has 1 unspecified atom stereocenters. The number of allylic oxidation sites excluding steroid dienone is 2. The Hall–Kier alpha value is -1.24. The second-order valence-corrected chi connectivity index (χ2v) is 11.2. The van der Waals surface area contributed by atoms with E-state index in [1.54, 1.807) is 11.1 Å². The van der Waals surface area contributed by atoms with Gasteiger partial charge in [-0.15, -0.1) is 0 Å². The minimum absolute atomic E-state index is 0.633. The maximum atomic E-state index is 5.96. The van der Waals surface area contributed by atoms with Crippen molar-refractivity contribution in [2.24, 2.45) is 5.41 Å². The van der Waals surface area contributed by atoms with Crippen LogP contribution in [0, 0.1) is 5.41 Å². The van der Waals surface area contributed by atoms with Gasteiger partial charge in [0.25, 0.3) is 0 Å². The van der Waals surface area contributed by atoms with Crippen molar-refractivity contribution < 1.29 is 4.74 Å². The molecule has 0 saturated heterocycles. The molecular weight excluding hydrogens is 400 g/mol. The van der Waals surface area contributed by atoms with Crippen molar-refractivity contribution in [2.75, 3.05) is 6.61 Å². The van der Waals surface area contributed by atoms with Crippen molar-refractivity contribution >= 4 is 0 Å². The molecule has 1 heteroatoms. The highest BCUT2D eigenvalue weighted by molar-refractivity contribution is 5.30. The fraction of sp³-hybridized carbons (Fsp3) is 0.750. The molecule has 0 bridgehead atoms. The highest BCUT2D eigenvalue weighted by atomic mass is 16.5. The SMILES string of the molecule is CCCCCCC1(CCC(CC2=CCCCC2)c2ccc(OCCCC)cc2)CCCCC1. The standard InChI is InChI=1S/C32H52O/c1-3-5-7-12-22-32(23-13-9-14-24-32)25-21-30(27-28-15-10-8-11-16-28)29-17-19-31(20-18-29)33-26-6-4-2/h15,17-20,30H,3-14,16,21-27H2,1-2H3. The summed E-state index contributed by atoms with van der Waals surface area (Å²) in [6, 6.07) is 9.22. The molecule has 2 aliphatic carbocycles. The summed E-state index contributed by atoms with van der Waals surface area (Å²) < 4.78 is 5.96. The third-order valence-corrected chi connectivity index (χ3v) is 8.51. The molecule has 186 valence electrons. The monoisotopic (exact) mass is 452 g/mol. The number of hydrogen-bond acceptors (Lipinski definition) is 1. The maximum Gasteiger partial charge on any atom is 0.119 e. The Morgan fingerprint density at radius 2 is 1.61 bits per heavy atom. The van der Waals surface area contributed by atoms with Crippen molar-refractivity contribution in [2.45, 2.75) is 142 Å². The molecule has 1 aromatic rings. The van der Waals surface area contributed by atoms with E-state index in [4.69, 9.17) is 4.74 Å². The van der Waals surface area contributed by atoms with Crippen LogP contribution in [0.4, 0.5) is 0 Å². The molecule has 1 fully saturated rings. The van der Waals surface area contributed by atoms with E-state index in [0.29, 0.717) is 11.3 Å². The summed E-state index contributed by atoms with van der Waals surface area (Å²) in [7, 11) is 0. The minimum atomic E-state index is 0.633. The van der Waals surface area contributed by atoms with Crippen LogP contribution < -0.4 is 4.74 Å². The second-order valence-electron chi connectivity index (χ2n) is 11.2. The summed E-state index contributed by atoms with van der Waals surface area (Å²) in [5, 5.41) is 0. The lowest BCUT2D eigenvalue weighted by molar-refractivity contribution is 0.144. The Labute approximate surface area is 205 Å². The van der Waals surface area contributed by atoms with E-state index in [-0.39, 0.29) is 0 Å². The van der Waals surface area contributed by atoms with Crippen LogP contribution in [0.1, 0.15) is 147 Å². The topological polar surface area (TPSA) is 9.23 Å². The normalized spacial score (nSPS) is 19.2. The van der Waals surface area contributed by atoms with Gasteiger partial charge in [-0.05, 0) is 99.7 Å². The first-order valence-electron chi connectivity index (χ1n) is 14.7. The van der Waals surface area contributed by atoms with E-state index < -0.39 is 0 Å². The molecular formula is C32H52O. The van der Waals surface area contributed by atoms with Gasteiger partial charge in [0.2, 0.25) is 0 Å². The molecule has 0 aliphatic heterocycles. The molecule has 1 aromatic carbocycles. The van der Waals surface area contributed by atoms with E-state index in [9.17, 15) is 0 Å². The molecule has 0 amide bonds. The zero-order valence-electron chi connectivity index (χ0n) is 22.0. The molecule has 0 aromatic heterocycles. The number of benzene rings is 1. The lowest BCUT2D eigenvalue weighted by Crippen LogP contribution is -2.25. The molecule has 2 aliphatic rings. The lowest BCUT2D eigenvalue weighted by Gasteiger charge is -2.39. The Balaban J connectivity index is 1.66. The van der Waals surface area contributed by atoms with Crippen molar-refractivity contribution in [1.29, 1.82) is 0 Å². The second kappa shape index (κ2) is 14.9. The van der Waals surface area contributed by atoms with Gasteiger partial charge in [-0.1, -0.05) is 89.0 Å². The zero-order chi connectivity index (χ0) is 23.2. The van der Waals surface area contributed by atoms with Gasteiger partial charge in [0, 0.05) is 0 Å². The zero-order valence-corrected chi connectivity index (χ0v) is 22.0. The smallest absolute Gasteiger partial charge is 0.119 e. The molecule has 1 saturated carbocycles.